The second kappa shape index (κ2) is 8.59. The van der Waals surface area contributed by atoms with Crippen molar-refractivity contribution in [3.63, 3.8) is 0 Å². The summed E-state index contributed by atoms with van der Waals surface area (Å²) in [6.07, 6.45) is 4.08. The second-order valence-electron chi connectivity index (χ2n) is 8.37. The predicted octanol–water partition coefficient (Wildman–Crippen LogP) is 3.13. The molecule has 1 saturated heterocycles. The van der Waals surface area contributed by atoms with Gasteiger partial charge in [0.25, 0.3) is 5.91 Å². The van der Waals surface area contributed by atoms with Crippen LogP contribution in [0.1, 0.15) is 47.6 Å². The highest BCUT2D eigenvalue weighted by Crippen LogP contribution is 2.38. The lowest BCUT2D eigenvalue weighted by atomic mass is 10.0. The molecule has 2 fully saturated rings. The number of hydrogen-bond donors (Lipinski definition) is 2. The number of ether oxygens (including phenoxy) is 2. The lowest BCUT2D eigenvalue weighted by molar-refractivity contribution is -0.117. The van der Waals surface area contributed by atoms with Crippen LogP contribution in [0.25, 0.3) is 0 Å². The third-order valence-electron chi connectivity index (χ3n) is 6.02. The molecule has 0 spiro atoms. The minimum absolute atomic E-state index is 0.115. The lowest BCUT2D eigenvalue weighted by Crippen LogP contribution is -2.34. The van der Waals surface area contributed by atoms with Gasteiger partial charge in [-0.15, -0.1) is 0 Å². The first kappa shape index (κ1) is 19.9. The number of likely N-dealkylation sites (tertiary alicyclic amines) is 1. The van der Waals surface area contributed by atoms with E-state index in [1.807, 2.05) is 24.3 Å². The number of anilines is 1. The van der Waals surface area contributed by atoms with Crippen LogP contribution in [0.3, 0.4) is 0 Å². The van der Waals surface area contributed by atoms with Crippen LogP contribution >= 0.6 is 0 Å². The SMILES string of the molecule is O=C(CN1CCC[C@H]1c1ccc2c(c1)OCCO2)Nc1ccccc1C(=O)NC1CC1. The van der Waals surface area contributed by atoms with E-state index >= 15 is 0 Å². The molecule has 162 valence electrons. The fraction of sp³-hybridized carbons (Fsp3) is 0.417. The van der Waals surface area contributed by atoms with Crippen LogP contribution < -0.4 is 20.1 Å². The third-order valence-corrected chi connectivity index (χ3v) is 6.02. The molecule has 2 aromatic rings. The Bertz CT molecular complexity index is 989. The molecule has 31 heavy (non-hydrogen) atoms. The van der Waals surface area contributed by atoms with E-state index in [1.54, 1.807) is 12.1 Å². The van der Waals surface area contributed by atoms with Crippen LogP contribution in [0.2, 0.25) is 0 Å². The smallest absolute Gasteiger partial charge is 0.253 e. The number of rotatable bonds is 6. The van der Waals surface area contributed by atoms with Gasteiger partial charge in [-0.1, -0.05) is 18.2 Å². The van der Waals surface area contributed by atoms with Gasteiger partial charge in [0.05, 0.1) is 17.8 Å². The molecule has 1 aliphatic carbocycles. The van der Waals surface area contributed by atoms with E-state index in [0.29, 0.717) is 24.5 Å². The first-order valence-corrected chi connectivity index (χ1v) is 11.0. The van der Waals surface area contributed by atoms with Gasteiger partial charge in [0.1, 0.15) is 13.2 Å². The van der Waals surface area contributed by atoms with Crippen molar-refractivity contribution < 1.29 is 19.1 Å². The summed E-state index contributed by atoms with van der Waals surface area (Å²) in [5.74, 6) is 1.30. The summed E-state index contributed by atoms with van der Waals surface area (Å²) in [5, 5.41) is 5.94. The van der Waals surface area contributed by atoms with Gasteiger partial charge < -0.3 is 20.1 Å². The Hall–Kier alpha value is -3.06. The van der Waals surface area contributed by atoms with Gasteiger partial charge in [-0.3, -0.25) is 14.5 Å². The molecule has 1 atom stereocenters. The Balaban J connectivity index is 1.26. The van der Waals surface area contributed by atoms with Crippen molar-refractivity contribution in [1.29, 1.82) is 0 Å². The molecule has 1 saturated carbocycles. The van der Waals surface area contributed by atoms with Crippen LogP contribution in [0.4, 0.5) is 5.69 Å². The predicted molar refractivity (Wildman–Crippen MR) is 117 cm³/mol. The molecule has 0 radical (unpaired) electrons. The van der Waals surface area contributed by atoms with Gasteiger partial charge >= 0.3 is 0 Å². The minimum atomic E-state index is -0.131. The van der Waals surface area contributed by atoms with Gasteiger partial charge in [-0.2, -0.15) is 0 Å². The standard InChI is InChI=1S/C24H27N3O4/c28-23(26-19-5-2-1-4-18(19)24(29)25-17-8-9-17)15-27-11-3-6-20(27)16-7-10-21-22(14-16)31-13-12-30-21/h1-2,4-5,7,10,14,17,20H,3,6,8-9,11-13,15H2,(H,25,29)(H,26,28)/t20-/m0/s1. The minimum Gasteiger partial charge on any atom is -0.486 e. The molecule has 2 amide bonds. The number of carbonyl (C=O) groups is 2. The maximum atomic E-state index is 12.9. The number of hydrogen-bond acceptors (Lipinski definition) is 5. The van der Waals surface area contributed by atoms with Gasteiger partial charge in [-0.25, -0.2) is 0 Å². The first-order valence-electron chi connectivity index (χ1n) is 11.0. The van der Waals surface area contributed by atoms with Crippen molar-refractivity contribution in [2.45, 2.75) is 37.8 Å². The summed E-state index contributed by atoms with van der Waals surface area (Å²) in [5.41, 5.74) is 2.20. The zero-order valence-electron chi connectivity index (χ0n) is 17.4. The molecule has 5 rings (SSSR count). The van der Waals surface area contributed by atoms with Gasteiger partial charge in [0.2, 0.25) is 5.91 Å². The van der Waals surface area contributed by atoms with E-state index < -0.39 is 0 Å². The van der Waals surface area contributed by atoms with Crippen molar-refractivity contribution in [2.75, 3.05) is 31.6 Å². The summed E-state index contributed by atoms with van der Waals surface area (Å²) in [6, 6.07) is 13.7. The fourth-order valence-electron chi connectivity index (χ4n) is 4.32. The number of amides is 2. The Morgan fingerprint density at radius 3 is 2.65 bits per heavy atom. The summed E-state index contributed by atoms with van der Waals surface area (Å²) in [7, 11) is 0. The summed E-state index contributed by atoms with van der Waals surface area (Å²) in [6.45, 7) is 2.26. The highest BCUT2D eigenvalue weighted by atomic mass is 16.6. The highest BCUT2D eigenvalue weighted by molar-refractivity contribution is 6.04. The molecule has 0 unspecified atom stereocenters. The average molecular weight is 421 g/mol. The number of carbonyl (C=O) groups excluding carboxylic acids is 2. The molecule has 2 aromatic carbocycles. The summed E-state index contributed by atoms with van der Waals surface area (Å²) < 4.78 is 11.3. The maximum absolute atomic E-state index is 12.9. The Morgan fingerprint density at radius 2 is 1.81 bits per heavy atom. The van der Waals surface area contributed by atoms with E-state index in [-0.39, 0.29) is 30.4 Å². The monoisotopic (exact) mass is 421 g/mol. The van der Waals surface area contributed by atoms with Crippen LogP contribution in [0, 0.1) is 0 Å². The van der Waals surface area contributed by atoms with E-state index in [9.17, 15) is 9.59 Å². The van der Waals surface area contributed by atoms with E-state index in [0.717, 1.165) is 49.3 Å². The Morgan fingerprint density at radius 1 is 1.00 bits per heavy atom. The molecule has 2 heterocycles. The van der Waals surface area contributed by atoms with E-state index in [4.69, 9.17) is 9.47 Å². The molecule has 2 N–H and O–H groups in total. The molecule has 7 nitrogen and oxygen atoms in total. The quantitative estimate of drug-likeness (QED) is 0.749. The molecular formula is C24H27N3O4. The van der Waals surface area contributed by atoms with Crippen LogP contribution in [-0.4, -0.2) is 49.1 Å². The van der Waals surface area contributed by atoms with Gasteiger partial charge in [-0.05, 0) is 62.1 Å². The zero-order chi connectivity index (χ0) is 21.2. The summed E-state index contributed by atoms with van der Waals surface area (Å²) >= 11 is 0. The third kappa shape index (κ3) is 4.51. The topological polar surface area (TPSA) is 79.9 Å². The number of benzene rings is 2. The lowest BCUT2D eigenvalue weighted by Gasteiger charge is -2.26. The average Bonchev–Trinajstić information content (AvgIpc) is 3.48. The van der Waals surface area contributed by atoms with Crippen LogP contribution in [-0.2, 0) is 4.79 Å². The van der Waals surface area contributed by atoms with Gasteiger partial charge in [0, 0.05) is 12.1 Å². The van der Waals surface area contributed by atoms with Crippen molar-refractivity contribution in [3.05, 3.63) is 53.6 Å². The largest absolute Gasteiger partial charge is 0.486 e. The van der Waals surface area contributed by atoms with Crippen molar-refractivity contribution in [3.8, 4) is 11.5 Å². The number of para-hydroxylation sites is 1. The maximum Gasteiger partial charge on any atom is 0.253 e. The molecule has 3 aliphatic rings. The normalized spacial score (nSPS) is 20.3. The number of fused-ring (bicyclic) bond motifs is 1. The first-order chi connectivity index (χ1) is 15.2. The molecule has 0 bridgehead atoms. The van der Waals surface area contributed by atoms with E-state index in [1.165, 1.54) is 0 Å². The molecule has 0 aromatic heterocycles. The fourth-order valence-corrected chi connectivity index (χ4v) is 4.32. The van der Waals surface area contributed by atoms with Crippen molar-refractivity contribution in [1.82, 2.24) is 10.2 Å². The van der Waals surface area contributed by atoms with Crippen LogP contribution in [0.5, 0.6) is 11.5 Å². The molecule has 7 heteroatoms. The zero-order valence-corrected chi connectivity index (χ0v) is 17.4. The van der Waals surface area contributed by atoms with Crippen LogP contribution in [0.15, 0.2) is 42.5 Å². The van der Waals surface area contributed by atoms with Crippen molar-refractivity contribution >= 4 is 17.5 Å². The van der Waals surface area contributed by atoms with Gasteiger partial charge in [0.15, 0.2) is 11.5 Å². The molecule has 2 aliphatic heterocycles. The number of nitrogens with zero attached hydrogens (tertiary/aromatic N) is 1. The highest BCUT2D eigenvalue weighted by Gasteiger charge is 2.29. The molecular weight excluding hydrogens is 394 g/mol. The Labute approximate surface area is 181 Å². The second-order valence-corrected chi connectivity index (χ2v) is 8.37. The van der Waals surface area contributed by atoms with Crippen molar-refractivity contribution in [2.24, 2.45) is 0 Å². The summed E-state index contributed by atoms with van der Waals surface area (Å²) in [4.78, 5) is 27.5. The Kier molecular flexibility index (Phi) is 5.51. The van der Waals surface area contributed by atoms with E-state index in [2.05, 4.69) is 21.6 Å². The number of nitrogens with one attached hydrogen (secondary N) is 2.